The Morgan fingerprint density at radius 1 is 1.26 bits per heavy atom. The van der Waals surface area contributed by atoms with E-state index >= 15 is 0 Å². The molecule has 0 aliphatic rings. The van der Waals surface area contributed by atoms with Crippen LogP contribution in [0, 0.1) is 5.82 Å². The van der Waals surface area contributed by atoms with Gasteiger partial charge in [-0.05, 0) is 18.2 Å². The molecule has 1 aromatic carbocycles. The number of halogens is 2. The van der Waals surface area contributed by atoms with Gasteiger partial charge in [0, 0.05) is 17.2 Å². The summed E-state index contributed by atoms with van der Waals surface area (Å²) in [5.74, 6) is -3.05. The maximum absolute atomic E-state index is 13.3. The molecule has 100 valence electrons. The standard InChI is InChI=1S/C11H8ClFN2O4/c12-6-1-2-8(7(13)5-6)14-11(19)15-9(16)3-4-10(17)18/h1-5H,(H,17,18)(H2,14,15,16,19)/b4-3+. The summed E-state index contributed by atoms with van der Waals surface area (Å²) in [6.07, 6.45) is 1.21. The molecule has 0 aliphatic heterocycles. The predicted octanol–water partition coefficient (Wildman–Crippen LogP) is 1.77. The maximum Gasteiger partial charge on any atom is 0.328 e. The van der Waals surface area contributed by atoms with Crippen LogP contribution in [-0.4, -0.2) is 23.0 Å². The zero-order valence-electron chi connectivity index (χ0n) is 9.31. The van der Waals surface area contributed by atoms with E-state index in [9.17, 15) is 18.8 Å². The molecule has 3 N–H and O–H groups in total. The number of carbonyl (C=O) groups is 3. The first-order valence-corrected chi connectivity index (χ1v) is 5.24. The molecule has 0 unspecified atom stereocenters. The lowest BCUT2D eigenvalue weighted by Gasteiger charge is -2.06. The molecule has 0 heterocycles. The molecule has 0 saturated carbocycles. The third kappa shape index (κ3) is 5.17. The largest absolute Gasteiger partial charge is 0.478 e. The minimum absolute atomic E-state index is 0.156. The number of carbonyl (C=O) groups excluding carboxylic acids is 2. The smallest absolute Gasteiger partial charge is 0.328 e. The van der Waals surface area contributed by atoms with E-state index in [1.165, 1.54) is 12.1 Å². The van der Waals surface area contributed by atoms with Gasteiger partial charge in [-0.3, -0.25) is 10.1 Å². The molecule has 0 saturated heterocycles. The Morgan fingerprint density at radius 3 is 2.53 bits per heavy atom. The summed E-state index contributed by atoms with van der Waals surface area (Å²) in [5, 5.41) is 12.3. The fourth-order valence-corrected chi connectivity index (χ4v) is 1.20. The highest BCUT2D eigenvalue weighted by atomic mass is 35.5. The minimum atomic E-state index is -1.33. The van der Waals surface area contributed by atoms with Crippen molar-refractivity contribution < 1.29 is 23.9 Å². The molecule has 1 aromatic rings. The first kappa shape index (κ1) is 14.7. The molecule has 0 spiro atoms. The number of anilines is 1. The molecule has 1 rings (SSSR count). The summed E-state index contributed by atoms with van der Waals surface area (Å²) in [6, 6.07) is 2.56. The second-order valence-electron chi connectivity index (χ2n) is 3.24. The van der Waals surface area contributed by atoms with Crippen molar-refractivity contribution in [3.05, 3.63) is 41.2 Å². The average molecular weight is 287 g/mol. The van der Waals surface area contributed by atoms with Crippen LogP contribution in [0.5, 0.6) is 0 Å². The van der Waals surface area contributed by atoms with Crippen LogP contribution >= 0.6 is 11.6 Å². The van der Waals surface area contributed by atoms with Gasteiger partial charge in [-0.15, -0.1) is 0 Å². The summed E-state index contributed by atoms with van der Waals surface area (Å²) in [4.78, 5) is 32.5. The zero-order chi connectivity index (χ0) is 14.4. The average Bonchev–Trinajstić information content (AvgIpc) is 2.30. The Bertz CT molecular complexity index is 560. The lowest BCUT2D eigenvalue weighted by atomic mass is 10.3. The van der Waals surface area contributed by atoms with Crippen LogP contribution in [0.1, 0.15) is 0 Å². The van der Waals surface area contributed by atoms with Crippen LogP contribution < -0.4 is 10.6 Å². The molecular formula is C11H8ClFN2O4. The number of hydrogen-bond donors (Lipinski definition) is 3. The van der Waals surface area contributed by atoms with Crippen molar-refractivity contribution in [2.24, 2.45) is 0 Å². The lowest BCUT2D eigenvalue weighted by molar-refractivity contribution is -0.131. The molecule has 19 heavy (non-hydrogen) atoms. The second kappa shape index (κ2) is 6.50. The van der Waals surface area contributed by atoms with Crippen molar-refractivity contribution in [3.8, 4) is 0 Å². The first-order valence-electron chi connectivity index (χ1n) is 4.86. The van der Waals surface area contributed by atoms with E-state index in [0.29, 0.717) is 12.2 Å². The Labute approximate surface area is 111 Å². The molecule has 0 aromatic heterocycles. The van der Waals surface area contributed by atoms with E-state index in [4.69, 9.17) is 16.7 Å². The van der Waals surface area contributed by atoms with E-state index in [1.54, 1.807) is 5.32 Å². The van der Waals surface area contributed by atoms with E-state index in [-0.39, 0.29) is 10.7 Å². The van der Waals surface area contributed by atoms with E-state index < -0.39 is 23.7 Å². The molecule has 0 aliphatic carbocycles. The third-order valence-corrected chi connectivity index (χ3v) is 2.03. The molecule has 0 bridgehead atoms. The van der Waals surface area contributed by atoms with Gasteiger partial charge in [0.25, 0.3) is 5.91 Å². The number of rotatable bonds is 3. The van der Waals surface area contributed by atoms with E-state index in [1.807, 2.05) is 0 Å². The quantitative estimate of drug-likeness (QED) is 0.738. The van der Waals surface area contributed by atoms with Crippen LogP contribution in [0.2, 0.25) is 5.02 Å². The van der Waals surface area contributed by atoms with Gasteiger partial charge < -0.3 is 10.4 Å². The summed E-state index contributed by atoms with van der Waals surface area (Å²) >= 11 is 5.52. The van der Waals surface area contributed by atoms with Gasteiger partial charge in [0.1, 0.15) is 5.82 Å². The van der Waals surface area contributed by atoms with Crippen molar-refractivity contribution in [3.63, 3.8) is 0 Å². The number of imide groups is 1. The zero-order valence-corrected chi connectivity index (χ0v) is 10.1. The van der Waals surface area contributed by atoms with E-state index in [0.717, 1.165) is 6.07 Å². The Kier molecular flexibility index (Phi) is 5.01. The summed E-state index contributed by atoms with van der Waals surface area (Å²) < 4.78 is 13.3. The molecule has 6 nitrogen and oxygen atoms in total. The second-order valence-corrected chi connectivity index (χ2v) is 3.68. The predicted molar refractivity (Wildman–Crippen MR) is 65.3 cm³/mol. The Hall–Kier alpha value is -2.41. The number of nitrogens with one attached hydrogen (secondary N) is 2. The van der Waals surface area contributed by atoms with Crippen molar-refractivity contribution in [2.45, 2.75) is 0 Å². The van der Waals surface area contributed by atoms with Gasteiger partial charge >= 0.3 is 12.0 Å². The number of hydrogen-bond acceptors (Lipinski definition) is 3. The highest BCUT2D eigenvalue weighted by Gasteiger charge is 2.09. The fourth-order valence-electron chi connectivity index (χ4n) is 1.04. The lowest BCUT2D eigenvalue weighted by Crippen LogP contribution is -2.33. The highest BCUT2D eigenvalue weighted by Crippen LogP contribution is 2.18. The van der Waals surface area contributed by atoms with Gasteiger partial charge in [-0.25, -0.2) is 14.0 Å². The maximum atomic E-state index is 13.3. The summed E-state index contributed by atoms with van der Waals surface area (Å²) in [6.45, 7) is 0. The van der Waals surface area contributed by atoms with Crippen LogP contribution in [0.3, 0.4) is 0 Å². The van der Waals surface area contributed by atoms with Crippen molar-refractivity contribution in [1.29, 1.82) is 0 Å². The van der Waals surface area contributed by atoms with Gasteiger partial charge in [-0.1, -0.05) is 11.6 Å². The Morgan fingerprint density at radius 2 is 1.95 bits per heavy atom. The Balaban J connectivity index is 2.60. The van der Waals surface area contributed by atoms with Gasteiger partial charge in [0.05, 0.1) is 5.69 Å². The van der Waals surface area contributed by atoms with Crippen molar-refractivity contribution >= 4 is 35.2 Å². The van der Waals surface area contributed by atoms with Crippen molar-refractivity contribution in [1.82, 2.24) is 5.32 Å². The topological polar surface area (TPSA) is 95.5 Å². The number of urea groups is 1. The molecule has 8 heteroatoms. The van der Waals surface area contributed by atoms with Gasteiger partial charge in [0.15, 0.2) is 0 Å². The normalized spacial score (nSPS) is 10.2. The van der Waals surface area contributed by atoms with Crippen LogP contribution in [-0.2, 0) is 9.59 Å². The van der Waals surface area contributed by atoms with Crippen LogP contribution in [0.25, 0.3) is 0 Å². The number of aliphatic carboxylic acids is 1. The monoisotopic (exact) mass is 286 g/mol. The molecule has 0 fully saturated rings. The fraction of sp³-hybridized carbons (Fsp3) is 0. The highest BCUT2D eigenvalue weighted by molar-refractivity contribution is 6.30. The summed E-state index contributed by atoms with van der Waals surface area (Å²) in [5.41, 5.74) is -0.170. The molecule has 0 radical (unpaired) electrons. The minimum Gasteiger partial charge on any atom is -0.478 e. The van der Waals surface area contributed by atoms with Crippen LogP contribution in [0.4, 0.5) is 14.9 Å². The number of amides is 3. The van der Waals surface area contributed by atoms with Crippen molar-refractivity contribution in [2.75, 3.05) is 5.32 Å². The first-order chi connectivity index (χ1) is 8.88. The molecular weight excluding hydrogens is 279 g/mol. The SMILES string of the molecule is O=C(O)/C=C/C(=O)NC(=O)Nc1ccc(Cl)cc1F. The van der Waals surface area contributed by atoms with Crippen LogP contribution in [0.15, 0.2) is 30.4 Å². The van der Waals surface area contributed by atoms with Gasteiger partial charge in [-0.2, -0.15) is 0 Å². The number of carboxylic acid groups (broad SMARTS) is 1. The van der Waals surface area contributed by atoms with Gasteiger partial charge in [0.2, 0.25) is 0 Å². The number of carboxylic acids is 1. The van der Waals surface area contributed by atoms with E-state index in [2.05, 4.69) is 5.32 Å². The third-order valence-electron chi connectivity index (χ3n) is 1.79. The number of benzene rings is 1. The summed E-state index contributed by atoms with van der Waals surface area (Å²) in [7, 11) is 0. The molecule has 3 amide bonds. The molecule has 0 atom stereocenters.